The molecular weight excluding hydrogens is 132 g/mol. The van der Waals surface area contributed by atoms with Crippen LogP contribution in [0.4, 0.5) is 0 Å². The Hall–Kier alpha value is -0.120. The molecule has 1 N–H and O–H groups in total. The lowest BCUT2D eigenvalue weighted by atomic mass is 9.93. The maximum Gasteiger partial charge on any atom is 0.163 e. The van der Waals surface area contributed by atoms with Gasteiger partial charge in [-0.05, 0) is 5.92 Å². The van der Waals surface area contributed by atoms with Gasteiger partial charge in [0.05, 0.1) is 19.3 Å². The molecule has 2 fully saturated rings. The lowest BCUT2D eigenvalue weighted by Crippen LogP contribution is -2.24. The molecule has 2 aliphatic rings. The number of aliphatic hydroxyl groups is 1. The highest BCUT2D eigenvalue weighted by Crippen LogP contribution is 2.35. The molecule has 3 heteroatoms. The van der Waals surface area contributed by atoms with E-state index < -0.39 is 0 Å². The molecule has 0 aliphatic carbocycles. The highest BCUT2D eigenvalue weighted by atomic mass is 16.7. The van der Waals surface area contributed by atoms with Crippen molar-refractivity contribution in [1.82, 2.24) is 0 Å². The third-order valence-corrected chi connectivity index (χ3v) is 2.37. The molecule has 0 bridgehead atoms. The van der Waals surface area contributed by atoms with Gasteiger partial charge in [-0.3, -0.25) is 0 Å². The summed E-state index contributed by atoms with van der Waals surface area (Å²) in [6.45, 7) is 3.26. The summed E-state index contributed by atoms with van der Waals surface area (Å²) in [6, 6.07) is 0. The third-order valence-electron chi connectivity index (χ3n) is 2.37. The van der Waals surface area contributed by atoms with E-state index in [0.717, 1.165) is 6.61 Å². The summed E-state index contributed by atoms with van der Waals surface area (Å²) < 4.78 is 10.5. The zero-order chi connectivity index (χ0) is 7.14. The van der Waals surface area contributed by atoms with Gasteiger partial charge in [0.15, 0.2) is 6.29 Å². The van der Waals surface area contributed by atoms with Gasteiger partial charge in [-0.15, -0.1) is 0 Å². The summed E-state index contributed by atoms with van der Waals surface area (Å²) in [7, 11) is 0. The fourth-order valence-corrected chi connectivity index (χ4v) is 1.76. The van der Waals surface area contributed by atoms with Crippen LogP contribution in [-0.2, 0) is 9.47 Å². The van der Waals surface area contributed by atoms with Crippen molar-refractivity contribution in [3.8, 4) is 0 Å². The zero-order valence-corrected chi connectivity index (χ0v) is 5.99. The van der Waals surface area contributed by atoms with Crippen LogP contribution in [0.3, 0.4) is 0 Å². The summed E-state index contributed by atoms with van der Waals surface area (Å²) in [5, 5.41) is 9.36. The van der Waals surface area contributed by atoms with Gasteiger partial charge in [0.25, 0.3) is 0 Å². The standard InChI is InChI=1S/C7H12O3/c1-4-2-9-7-6(4)5(8)3-10-7/h4-8H,2-3H2,1H3. The van der Waals surface area contributed by atoms with Crippen LogP contribution >= 0.6 is 0 Å². The fraction of sp³-hybridized carbons (Fsp3) is 1.00. The highest BCUT2D eigenvalue weighted by molar-refractivity contribution is 4.86. The highest BCUT2D eigenvalue weighted by Gasteiger charge is 2.45. The molecule has 0 aromatic carbocycles. The van der Waals surface area contributed by atoms with Gasteiger partial charge in [0.1, 0.15) is 0 Å². The van der Waals surface area contributed by atoms with Crippen molar-refractivity contribution >= 4 is 0 Å². The number of aliphatic hydroxyl groups excluding tert-OH is 1. The second-order valence-corrected chi connectivity index (χ2v) is 3.16. The summed E-state index contributed by atoms with van der Waals surface area (Å²) in [5.74, 6) is 0.669. The zero-order valence-electron chi connectivity index (χ0n) is 5.99. The SMILES string of the molecule is CC1COC2OCC(O)C12. The monoisotopic (exact) mass is 144 g/mol. The Bertz CT molecular complexity index is 123. The largest absolute Gasteiger partial charge is 0.390 e. The fourth-order valence-electron chi connectivity index (χ4n) is 1.76. The molecule has 3 nitrogen and oxygen atoms in total. The van der Waals surface area contributed by atoms with Crippen LogP contribution in [0.15, 0.2) is 0 Å². The van der Waals surface area contributed by atoms with Crippen molar-refractivity contribution in [3.05, 3.63) is 0 Å². The molecule has 0 spiro atoms. The van der Waals surface area contributed by atoms with Crippen LogP contribution in [0.25, 0.3) is 0 Å². The van der Waals surface area contributed by atoms with Crippen LogP contribution in [-0.4, -0.2) is 30.7 Å². The Kier molecular flexibility index (Phi) is 1.44. The number of hydrogen-bond acceptors (Lipinski definition) is 3. The van der Waals surface area contributed by atoms with Crippen molar-refractivity contribution in [3.63, 3.8) is 0 Å². The Morgan fingerprint density at radius 1 is 1.30 bits per heavy atom. The first-order valence-electron chi connectivity index (χ1n) is 3.70. The Morgan fingerprint density at radius 2 is 2.00 bits per heavy atom. The molecule has 10 heavy (non-hydrogen) atoms. The van der Waals surface area contributed by atoms with Crippen LogP contribution in [0.1, 0.15) is 6.92 Å². The Labute approximate surface area is 59.9 Å². The molecular formula is C7H12O3. The molecule has 58 valence electrons. The minimum Gasteiger partial charge on any atom is -0.390 e. The van der Waals surface area contributed by atoms with Crippen molar-refractivity contribution in [2.75, 3.05) is 13.2 Å². The maximum atomic E-state index is 9.36. The quantitative estimate of drug-likeness (QED) is 0.519. The number of ether oxygens (including phenoxy) is 2. The summed E-state index contributed by atoms with van der Waals surface area (Å²) in [5.41, 5.74) is 0. The molecule has 2 heterocycles. The number of rotatable bonds is 0. The van der Waals surface area contributed by atoms with Crippen molar-refractivity contribution in [2.24, 2.45) is 11.8 Å². The number of hydrogen-bond donors (Lipinski definition) is 1. The van der Waals surface area contributed by atoms with E-state index in [1.165, 1.54) is 0 Å². The predicted molar refractivity (Wildman–Crippen MR) is 34.4 cm³/mol. The molecule has 2 saturated heterocycles. The van der Waals surface area contributed by atoms with Crippen LogP contribution in [0.5, 0.6) is 0 Å². The van der Waals surface area contributed by atoms with E-state index in [2.05, 4.69) is 6.92 Å². The topological polar surface area (TPSA) is 38.7 Å². The van der Waals surface area contributed by atoms with E-state index in [-0.39, 0.29) is 18.3 Å². The normalized spacial score (nSPS) is 53.4. The van der Waals surface area contributed by atoms with Crippen molar-refractivity contribution in [2.45, 2.75) is 19.3 Å². The van der Waals surface area contributed by atoms with Gasteiger partial charge < -0.3 is 14.6 Å². The van der Waals surface area contributed by atoms with E-state index >= 15 is 0 Å². The van der Waals surface area contributed by atoms with Crippen LogP contribution in [0.2, 0.25) is 0 Å². The summed E-state index contributed by atoms with van der Waals surface area (Å²) in [4.78, 5) is 0. The lowest BCUT2D eigenvalue weighted by molar-refractivity contribution is -0.0908. The third kappa shape index (κ3) is 0.779. The van der Waals surface area contributed by atoms with Gasteiger partial charge >= 0.3 is 0 Å². The van der Waals surface area contributed by atoms with Gasteiger partial charge in [-0.2, -0.15) is 0 Å². The minimum atomic E-state index is -0.303. The van der Waals surface area contributed by atoms with Crippen LogP contribution in [0, 0.1) is 11.8 Å². The molecule has 0 aromatic rings. The second kappa shape index (κ2) is 2.19. The van der Waals surface area contributed by atoms with E-state index in [0.29, 0.717) is 12.5 Å². The lowest BCUT2D eigenvalue weighted by Gasteiger charge is -2.12. The smallest absolute Gasteiger partial charge is 0.163 e. The van der Waals surface area contributed by atoms with E-state index in [1.54, 1.807) is 0 Å². The molecule has 4 unspecified atom stereocenters. The molecule has 2 aliphatic heterocycles. The van der Waals surface area contributed by atoms with E-state index in [1.807, 2.05) is 0 Å². The van der Waals surface area contributed by atoms with Gasteiger partial charge in [0, 0.05) is 5.92 Å². The molecule has 0 radical (unpaired) electrons. The molecule has 2 rings (SSSR count). The summed E-state index contributed by atoms with van der Waals surface area (Å²) >= 11 is 0. The molecule has 0 saturated carbocycles. The predicted octanol–water partition coefficient (Wildman–Crippen LogP) is -0.0139. The van der Waals surface area contributed by atoms with Crippen LogP contribution < -0.4 is 0 Å². The average molecular weight is 144 g/mol. The number of fused-ring (bicyclic) bond motifs is 1. The first-order chi connectivity index (χ1) is 4.79. The van der Waals surface area contributed by atoms with E-state index in [4.69, 9.17) is 9.47 Å². The van der Waals surface area contributed by atoms with Gasteiger partial charge in [0.2, 0.25) is 0 Å². The molecule has 0 aromatic heterocycles. The van der Waals surface area contributed by atoms with Gasteiger partial charge in [-0.25, -0.2) is 0 Å². The summed E-state index contributed by atoms with van der Waals surface area (Å²) in [6.07, 6.45) is -0.424. The van der Waals surface area contributed by atoms with Crippen molar-refractivity contribution < 1.29 is 14.6 Å². The maximum absolute atomic E-state index is 9.36. The van der Waals surface area contributed by atoms with E-state index in [9.17, 15) is 5.11 Å². The first kappa shape index (κ1) is 6.58. The molecule has 0 amide bonds. The average Bonchev–Trinajstić information content (AvgIpc) is 2.40. The van der Waals surface area contributed by atoms with Gasteiger partial charge in [-0.1, -0.05) is 6.92 Å². The minimum absolute atomic E-state index is 0.120. The Morgan fingerprint density at radius 3 is 2.70 bits per heavy atom. The Balaban J connectivity index is 2.11. The van der Waals surface area contributed by atoms with Crippen molar-refractivity contribution in [1.29, 1.82) is 0 Å². The second-order valence-electron chi connectivity index (χ2n) is 3.16. The first-order valence-corrected chi connectivity index (χ1v) is 3.70. The molecule has 4 atom stereocenters.